The number of phenolic OH excluding ortho intramolecular Hbond substituents is 2. The first-order valence-electron chi connectivity index (χ1n) is 11.0. The minimum atomic E-state index is -1.58. The first-order chi connectivity index (χ1) is 17.1. The zero-order chi connectivity index (χ0) is 25.9. The summed E-state index contributed by atoms with van der Waals surface area (Å²) in [7, 11) is 0. The largest absolute Gasteiger partial charge is 0.507 e. The third kappa shape index (κ3) is 3.13. The van der Waals surface area contributed by atoms with E-state index < -0.39 is 28.5 Å². The van der Waals surface area contributed by atoms with Gasteiger partial charge in [0.1, 0.15) is 40.3 Å². The van der Waals surface area contributed by atoms with E-state index in [1.807, 2.05) is 0 Å². The summed E-state index contributed by atoms with van der Waals surface area (Å²) in [4.78, 5) is 39.3. The molecule has 2 aromatic carbocycles. The maximum Gasteiger partial charge on any atom is 0.194 e. The molecule has 0 radical (unpaired) electrons. The number of anilines is 1. The molecule has 5 rings (SSSR count). The molecule has 36 heavy (non-hydrogen) atoms. The highest BCUT2D eigenvalue weighted by atomic mass is 16.5. The maximum absolute atomic E-state index is 13.9. The fourth-order valence-corrected chi connectivity index (χ4v) is 4.65. The molecular formula is C25H21N5O6. The van der Waals surface area contributed by atoms with Crippen LogP contribution in [0.4, 0.5) is 5.69 Å². The Kier molecular flexibility index (Phi) is 5.02. The normalized spacial score (nSPS) is 19.8. The van der Waals surface area contributed by atoms with E-state index in [2.05, 4.69) is 20.8 Å². The third-order valence-corrected chi connectivity index (χ3v) is 6.55. The Hall–Kier alpha value is -4.80. The number of rotatable bonds is 4. The Morgan fingerprint density at radius 2 is 1.92 bits per heavy atom. The quantitative estimate of drug-likeness (QED) is 0.284. The van der Waals surface area contributed by atoms with Crippen molar-refractivity contribution in [3.8, 4) is 22.9 Å². The smallest absolute Gasteiger partial charge is 0.194 e. The van der Waals surface area contributed by atoms with Crippen LogP contribution in [0.5, 0.6) is 17.2 Å². The zero-order valence-corrected chi connectivity index (χ0v) is 19.8. The number of hydrogen-bond donors (Lipinski definition) is 3. The average molecular weight is 487 g/mol. The number of carbonyl (C=O) groups excluding carboxylic acids is 3. The summed E-state index contributed by atoms with van der Waals surface area (Å²) in [6, 6.07) is 7.05. The van der Waals surface area contributed by atoms with Crippen LogP contribution in [0.15, 0.2) is 53.7 Å². The van der Waals surface area contributed by atoms with Gasteiger partial charge in [-0.1, -0.05) is 6.07 Å². The summed E-state index contributed by atoms with van der Waals surface area (Å²) in [5.41, 5.74) is -0.259. The number of nitrogens with zero attached hydrogens (tertiary/aromatic N) is 4. The molecule has 3 aromatic rings. The molecule has 11 heteroatoms. The lowest BCUT2D eigenvalue weighted by atomic mass is 9.70. The van der Waals surface area contributed by atoms with Crippen LogP contribution in [-0.2, 0) is 15.0 Å². The monoisotopic (exact) mass is 487 g/mol. The highest BCUT2D eigenvalue weighted by molar-refractivity contribution is 6.31. The van der Waals surface area contributed by atoms with Gasteiger partial charge in [0.05, 0.1) is 16.8 Å². The van der Waals surface area contributed by atoms with Crippen molar-refractivity contribution in [2.45, 2.75) is 33.1 Å². The van der Waals surface area contributed by atoms with Crippen molar-refractivity contribution in [1.82, 2.24) is 20.2 Å². The van der Waals surface area contributed by atoms with E-state index in [-0.39, 0.29) is 45.2 Å². The number of allylic oxidation sites excluding steroid dienone is 4. The number of aromatic nitrogens is 4. The second-order valence-electron chi connectivity index (χ2n) is 8.82. The lowest BCUT2D eigenvalue weighted by Gasteiger charge is -2.29. The van der Waals surface area contributed by atoms with Gasteiger partial charge in [-0.2, -0.15) is 0 Å². The molecule has 1 atom stereocenters. The fraction of sp³-hybridized carbons (Fsp3) is 0.200. The van der Waals surface area contributed by atoms with Gasteiger partial charge in [-0.25, -0.2) is 4.68 Å². The highest BCUT2D eigenvalue weighted by Gasteiger charge is 2.56. The lowest BCUT2D eigenvalue weighted by molar-refractivity contribution is -0.123. The van der Waals surface area contributed by atoms with Crippen molar-refractivity contribution < 1.29 is 29.3 Å². The molecule has 11 nitrogen and oxygen atoms in total. The summed E-state index contributed by atoms with van der Waals surface area (Å²) in [5, 5.41) is 35.6. The first kappa shape index (κ1) is 23.0. The number of fused-ring (bicyclic) bond motifs is 3. The number of ketones is 3. The number of aromatic hydroxyl groups is 2. The summed E-state index contributed by atoms with van der Waals surface area (Å²) >= 11 is 0. The summed E-state index contributed by atoms with van der Waals surface area (Å²) in [6.07, 6.45) is 2.61. The van der Waals surface area contributed by atoms with Crippen molar-refractivity contribution >= 4 is 23.0 Å². The topological polar surface area (TPSA) is 157 Å². The van der Waals surface area contributed by atoms with Gasteiger partial charge >= 0.3 is 0 Å². The fourth-order valence-electron chi connectivity index (χ4n) is 4.65. The van der Waals surface area contributed by atoms with Gasteiger partial charge in [-0.15, -0.1) is 5.10 Å². The molecule has 1 aliphatic heterocycles. The Morgan fingerprint density at radius 3 is 2.58 bits per heavy atom. The van der Waals surface area contributed by atoms with Gasteiger partial charge in [-0.05, 0) is 56.3 Å². The summed E-state index contributed by atoms with van der Waals surface area (Å²) < 4.78 is 7.24. The van der Waals surface area contributed by atoms with Gasteiger partial charge < -0.3 is 20.3 Å². The maximum atomic E-state index is 13.9. The summed E-state index contributed by atoms with van der Waals surface area (Å²) in [6.45, 7) is 5.79. The molecule has 3 N–H and O–H groups in total. The average Bonchev–Trinajstić information content (AvgIpc) is 3.45. The second-order valence-corrected chi connectivity index (χ2v) is 8.82. The van der Waals surface area contributed by atoms with Gasteiger partial charge in [0, 0.05) is 23.0 Å². The Bertz CT molecular complexity index is 1550. The molecule has 0 saturated carbocycles. The molecule has 0 bridgehead atoms. The SMILES string of the molecule is CC(=O)c1c(O)c(C)c(O)c2c1OC1=CC(=O)C(=C(C)Nc3cccc(-n4cnnn4)c3)C(=O)[C@@]12C. The highest BCUT2D eigenvalue weighted by Crippen LogP contribution is 2.57. The molecular weight excluding hydrogens is 466 g/mol. The molecule has 0 fully saturated rings. The van der Waals surface area contributed by atoms with E-state index in [0.29, 0.717) is 11.4 Å². The van der Waals surface area contributed by atoms with Crippen LogP contribution >= 0.6 is 0 Å². The summed E-state index contributed by atoms with van der Waals surface area (Å²) in [5.74, 6) is -2.67. The molecule has 182 valence electrons. The van der Waals surface area contributed by atoms with Crippen molar-refractivity contribution in [2.24, 2.45) is 0 Å². The standard InChI is InChI=1S/C25H21N5O6/c1-11-21(33)19(13(3)31)23-20(22(11)34)25(4)17(36-23)9-16(32)18(24(25)35)12(2)27-14-6-5-7-15(8-14)30-10-26-28-29-30/h5-10,27,33-34H,1-4H3/t25-/m0/s1. The third-order valence-electron chi connectivity index (χ3n) is 6.55. The van der Waals surface area contributed by atoms with E-state index in [4.69, 9.17) is 4.74 Å². The molecule has 0 unspecified atom stereocenters. The van der Waals surface area contributed by atoms with Crippen LogP contribution < -0.4 is 10.1 Å². The van der Waals surface area contributed by atoms with Crippen molar-refractivity contribution in [1.29, 1.82) is 0 Å². The lowest BCUT2D eigenvalue weighted by Crippen LogP contribution is -2.40. The van der Waals surface area contributed by atoms with Gasteiger partial charge in [0.2, 0.25) is 0 Å². The van der Waals surface area contributed by atoms with Gasteiger partial charge in [0.25, 0.3) is 0 Å². The Labute approximate surface area is 204 Å². The molecule has 2 aliphatic rings. The second kappa shape index (κ2) is 7.87. The van der Waals surface area contributed by atoms with Crippen LogP contribution in [0.1, 0.15) is 42.3 Å². The van der Waals surface area contributed by atoms with Gasteiger partial charge in [0.15, 0.2) is 17.3 Å². The van der Waals surface area contributed by atoms with Crippen molar-refractivity contribution in [2.75, 3.05) is 5.32 Å². The van der Waals surface area contributed by atoms with Crippen LogP contribution in [0, 0.1) is 6.92 Å². The molecule has 1 aromatic heterocycles. The molecule has 0 spiro atoms. The number of nitrogens with one attached hydrogen (secondary N) is 1. The Balaban J connectivity index is 1.62. The minimum Gasteiger partial charge on any atom is -0.507 e. The first-order valence-corrected chi connectivity index (χ1v) is 11.0. The van der Waals surface area contributed by atoms with Gasteiger partial charge in [-0.3, -0.25) is 14.4 Å². The number of Topliss-reactive ketones (excluding diaryl/α,β-unsaturated/α-hetero) is 2. The van der Waals surface area contributed by atoms with Crippen molar-refractivity contribution in [3.63, 3.8) is 0 Å². The van der Waals surface area contributed by atoms with Crippen LogP contribution in [-0.4, -0.2) is 47.8 Å². The minimum absolute atomic E-state index is 0.0208. The van der Waals surface area contributed by atoms with Crippen LogP contribution in [0.2, 0.25) is 0 Å². The van der Waals surface area contributed by atoms with E-state index in [1.54, 1.807) is 31.2 Å². The van der Waals surface area contributed by atoms with E-state index in [0.717, 1.165) is 0 Å². The number of phenols is 2. The van der Waals surface area contributed by atoms with Crippen molar-refractivity contribution in [3.05, 3.63) is 70.4 Å². The number of ether oxygens (including phenoxy) is 1. The zero-order valence-electron chi connectivity index (χ0n) is 19.8. The molecule has 0 amide bonds. The molecule has 0 saturated heterocycles. The molecule has 1 aliphatic carbocycles. The number of tetrazole rings is 1. The number of benzene rings is 2. The number of carbonyl (C=O) groups is 3. The molecule has 2 heterocycles. The number of hydrogen-bond acceptors (Lipinski definition) is 10. The van der Waals surface area contributed by atoms with E-state index in [9.17, 15) is 24.6 Å². The predicted octanol–water partition coefficient (Wildman–Crippen LogP) is 2.66. The Morgan fingerprint density at radius 1 is 1.17 bits per heavy atom. The van der Waals surface area contributed by atoms with E-state index >= 15 is 0 Å². The predicted molar refractivity (Wildman–Crippen MR) is 126 cm³/mol. The van der Waals surface area contributed by atoms with E-state index in [1.165, 1.54) is 37.9 Å². The van der Waals surface area contributed by atoms with Crippen LogP contribution in [0.25, 0.3) is 5.69 Å². The van der Waals surface area contributed by atoms with Crippen LogP contribution in [0.3, 0.4) is 0 Å².